The van der Waals surface area contributed by atoms with E-state index in [2.05, 4.69) is 17.0 Å². The van der Waals surface area contributed by atoms with E-state index in [9.17, 15) is 16.8 Å². The van der Waals surface area contributed by atoms with E-state index in [-0.39, 0.29) is 46.7 Å². The number of hydrogen-bond donors (Lipinski definition) is 0. The fourth-order valence-corrected chi connectivity index (χ4v) is 11.4. The van der Waals surface area contributed by atoms with Crippen LogP contribution in [-0.2, 0) is 49.2 Å². The van der Waals surface area contributed by atoms with Gasteiger partial charge in [0, 0.05) is 36.6 Å². The molecule has 0 saturated heterocycles. The zero-order valence-electron chi connectivity index (χ0n) is 34.2. The quantitative estimate of drug-likeness (QED) is 0.101. The largest absolute Gasteiger partial charge is 0.497 e. The molecule has 1 aliphatic heterocycles. The van der Waals surface area contributed by atoms with E-state index in [1.54, 1.807) is 56.7 Å². The monoisotopic (exact) mass is 870 g/mol. The summed E-state index contributed by atoms with van der Waals surface area (Å²) in [6.45, 7) is 3.83. The number of ether oxygens (including phenoxy) is 3. The van der Waals surface area contributed by atoms with Crippen molar-refractivity contribution in [2.45, 2.75) is 67.3 Å². The first-order valence-corrected chi connectivity index (χ1v) is 23.6. The van der Waals surface area contributed by atoms with Gasteiger partial charge in [0.2, 0.25) is 10.0 Å². The topological polar surface area (TPSA) is 112 Å². The molecule has 13 heteroatoms. The molecule has 2 aliphatic carbocycles. The van der Waals surface area contributed by atoms with Crippen LogP contribution in [0.4, 0.5) is 5.69 Å². The Morgan fingerprint density at radius 2 is 1.42 bits per heavy atom. The third-order valence-electron chi connectivity index (χ3n) is 12.5. The lowest BCUT2D eigenvalue weighted by Gasteiger charge is -2.44. The van der Waals surface area contributed by atoms with Gasteiger partial charge in [-0.1, -0.05) is 59.6 Å². The summed E-state index contributed by atoms with van der Waals surface area (Å²) in [7, 11) is -4.81. The van der Waals surface area contributed by atoms with E-state index in [4.69, 9.17) is 30.0 Å². The molecule has 8 rings (SSSR count). The second kappa shape index (κ2) is 17.4. The van der Waals surface area contributed by atoms with Gasteiger partial charge in [0.05, 0.1) is 42.9 Å². The van der Waals surface area contributed by atoms with Crippen molar-refractivity contribution in [2.24, 2.45) is 11.8 Å². The van der Waals surface area contributed by atoms with E-state index in [0.717, 1.165) is 48.8 Å². The predicted octanol–water partition coefficient (Wildman–Crippen LogP) is 8.96. The van der Waals surface area contributed by atoms with Crippen LogP contribution >= 0.6 is 11.6 Å². The van der Waals surface area contributed by atoms with Gasteiger partial charge in [-0.05, 0) is 140 Å². The lowest BCUT2D eigenvalue weighted by atomic mass is 9.69. The maximum absolute atomic E-state index is 14.9. The highest BCUT2D eigenvalue weighted by Gasteiger charge is 2.44. The van der Waals surface area contributed by atoms with Crippen LogP contribution in [-0.4, -0.2) is 61.7 Å². The third kappa shape index (κ3) is 8.90. The predicted molar refractivity (Wildman–Crippen MR) is 233 cm³/mol. The highest BCUT2D eigenvalue weighted by atomic mass is 35.5. The zero-order chi connectivity index (χ0) is 42.1. The van der Waals surface area contributed by atoms with Crippen molar-refractivity contribution in [3.8, 4) is 17.2 Å². The SMILES string of the molecule is COc1ccc(CN(Cc2ccc(OC)cc2)S(=O)(=O)c2ccc3c(c2)N(C[C@@H]2CC[C@H]2COS(=O)(=O)c2ccc(C)cc2)C[C@@]2(CCCc4cc(Cl)ccc42)CO3)cc1. The number of halogens is 1. The fraction of sp³-hybridized carbons (Fsp3) is 0.362. The van der Waals surface area contributed by atoms with Crippen LogP contribution in [0.25, 0.3) is 0 Å². The highest BCUT2D eigenvalue weighted by molar-refractivity contribution is 7.89. The van der Waals surface area contributed by atoms with Crippen molar-refractivity contribution >= 4 is 37.4 Å². The molecular formula is C47H51ClN2O8S2. The minimum Gasteiger partial charge on any atom is -0.497 e. The molecule has 0 radical (unpaired) electrons. The molecule has 0 N–H and O–H groups in total. The van der Waals surface area contributed by atoms with Crippen LogP contribution in [0.2, 0.25) is 5.02 Å². The van der Waals surface area contributed by atoms with Gasteiger partial charge in [0.25, 0.3) is 10.1 Å². The molecule has 3 aliphatic rings. The number of fused-ring (bicyclic) bond motifs is 3. The first-order chi connectivity index (χ1) is 28.9. The van der Waals surface area contributed by atoms with Gasteiger partial charge in [-0.15, -0.1) is 0 Å². The van der Waals surface area contributed by atoms with Crippen molar-refractivity contribution in [1.82, 2.24) is 4.31 Å². The van der Waals surface area contributed by atoms with Crippen molar-refractivity contribution in [3.05, 3.63) is 142 Å². The summed E-state index contributed by atoms with van der Waals surface area (Å²) in [5.41, 5.74) is 5.31. The van der Waals surface area contributed by atoms with Crippen LogP contribution in [0.5, 0.6) is 17.2 Å². The summed E-state index contributed by atoms with van der Waals surface area (Å²) in [5, 5.41) is 0.696. The van der Waals surface area contributed by atoms with Crippen LogP contribution in [0.1, 0.15) is 53.5 Å². The number of anilines is 1. The fourth-order valence-electron chi connectivity index (χ4n) is 8.83. The first-order valence-electron chi connectivity index (χ1n) is 20.4. The van der Waals surface area contributed by atoms with E-state index in [1.807, 2.05) is 61.5 Å². The van der Waals surface area contributed by atoms with E-state index >= 15 is 0 Å². The second-order valence-electron chi connectivity index (χ2n) is 16.4. The molecule has 0 aromatic heterocycles. The Bertz CT molecular complexity index is 2480. The molecule has 1 spiro atoms. The number of sulfonamides is 1. The first kappa shape index (κ1) is 42.1. The van der Waals surface area contributed by atoms with Gasteiger partial charge in [0.15, 0.2) is 0 Å². The van der Waals surface area contributed by atoms with Gasteiger partial charge >= 0.3 is 0 Å². The van der Waals surface area contributed by atoms with Crippen LogP contribution in [0.3, 0.4) is 0 Å². The smallest absolute Gasteiger partial charge is 0.296 e. The van der Waals surface area contributed by atoms with Crippen LogP contribution in [0, 0.1) is 18.8 Å². The van der Waals surface area contributed by atoms with Crippen molar-refractivity contribution in [2.75, 3.05) is 45.4 Å². The van der Waals surface area contributed by atoms with Crippen molar-refractivity contribution in [1.29, 1.82) is 0 Å². The maximum Gasteiger partial charge on any atom is 0.296 e. The Morgan fingerprint density at radius 1 is 0.783 bits per heavy atom. The van der Waals surface area contributed by atoms with Gasteiger partial charge in [-0.25, -0.2) is 8.42 Å². The Hall–Kier alpha value is -4.59. The second-order valence-corrected chi connectivity index (χ2v) is 20.3. The maximum atomic E-state index is 14.9. The molecule has 1 saturated carbocycles. The van der Waals surface area contributed by atoms with Crippen molar-refractivity contribution < 1.29 is 35.2 Å². The summed E-state index contributed by atoms with van der Waals surface area (Å²) in [6, 6.07) is 32.8. The van der Waals surface area contributed by atoms with Gasteiger partial charge in [-0.2, -0.15) is 12.7 Å². The van der Waals surface area contributed by atoms with Gasteiger partial charge < -0.3 is 19.1 Å². The number of hydrogen-bond acceptors (Lipinski definition) is 9. The van der Waals surface area contributed by atoms with E-state index < -0.39 is 20.1 Å². The van der Waals surface area contributed by atoms with Crippen LogP contribution < -0.4 is 19.1 Å². The zero-order valence-corrected chi connectivity index (χ0v) is 36.6. The molecule has 1 fully saturated rings. The van der Waals surface area contributed by atoms with E-state index in [1.165, 1.54) is 15.4 Å². The standard InChI is InChI=1S/C47H51ClN2O8S2/c1-33-6-19-42(20-7-33)60(53,54)58-30-38-13-12-37(38)29-49-31-47(24-4-5-36-25-39(48)14-22-44(36)47)32-57-46-23-21-43(26-45(46)49)59(51,52)50(27-34-8-15-40(55-2)16-9-34)28-35-10-17-41(56-3)18-11-35/h6-11,14-23,25-26,37-38H,4-5,12-13,24,27-32H2,1-3H3/t37-,38-,47-/m0/s1. The molecule has 316 valence electrons. The van der Waals surface area contributed by atoms with Crippen LogP contribution in [0.15, 0.2) is 119 Å². The molecule has 5 aromatic carbocycles. The summed E-state index contributed by atoms with van der Waals surface area (Å²) in [6.07, 6.45) is 4.49. The highest BCUT2D eigenvalue weighted by Crippen LogP contribution is 2.47. The lowest BCUT2D eigenvalue weighted by Crippen LogP contribution is -2.48. The average molecular weight is 872 g/mol. The molecular weight excluding hydrogens is 820 g/mol. The number of nitrogens with zero attached hydrogens (tertiary/aromatic N) is 2. The summed E-state index contributed by atoms with van der Waals surface area (Å²) in [5.74, 6) is 2.09. The molecule has 0 unspecified atom stereocenters. The molecule has 10 nitrogen and oxygen atoms in total. The Balaban J connectivity index is 1.13. The average Bonchev–Trinajstić information content (AvgIpc) is 3.39. The minimum absolute atomic E-state index is 0.00245. The number of methoxy groups -OCH3 is 2. The molecule has 3 atom stereocenters. The lowest BCUT2D eigenvalue weighted by molar-refractivity contribution is 0.109. The number of benzene rings is 5. The molecule has 5 aromatic rings. The summed E-state index contributed by atoms with van der Waals surface area (Å²) < 4.78 is 80.9. The number of rotatable bonds is 14. The summed E-state index contributed by atoms with van der Waals surface area (Å²) in [4.78, 5) is 2.58. The minimum atomic E-state index is -4.08. The normalized spacial score (nSPS) is 20.1. The van der Waals surface area contributed by atoms with Crippen molar-refractivity contribution in [3.63, 3.8) is 0 Å². The molecule has 60 heavy (non-hydrogen) atoms. The molecule has 0 amide bonds. The molecule has 0 bridgehead atoms. The van der Waals surface area contributed by atoms with E-state index in [0.29, 0.717) is 47.7 Å². The Labute approximate surface area is 359 Å². The van der Waals surface area contributed by atoms with Gasteiger partial charge in [-0.3, -0.25) is 4.18 Å². The Kier molecular flexibility index (Phi) is 12.2. The number of aryl methyl sites for hydroxylation is 2. The third-order valence-corrected chi connectivity index (χ3v) is 15.8. The summed E-state index contributed by atoms with van der Waals surface area (Å²) >= 11 is 6.50. The molecule has 1 heterocycles. The Morgan fingerprint density at radius 3 is 2.03 bits per heavy atom. The van der Waals surface area contributed by atoms with Gasteiger partial charge in [0.1, 0.15) is 17.2 Å².